The number of hydrogen-bond acceptors (Lipinski definition) is 2. The predicted molar refractivity (Wildman–Crippen MR) is 66.2 cm³/mol. The van der Waals surface area contributed by atoms with Gasteiger partial charge in [-0.15, -0.1) is 0 Å². The zero-order chi connectivity index (χ0) is 11.5. The number of benzene rings is 1. The van der Waals surface area contributed by atoms with Crippen molar-refractivity contribution in [3.8, 4) is 0 Å². The summed E-state index contributed by atoms with van der Waals surface area (Å²) in [5.41, 5.74) is 7.31. The van der Waals surface area contributed by atoms with Crippen molar-refractivity contribution in [2.45, 2.75) is 26.2 Å². The third kappa shape index (κ3) is 2.54. The van der Waals surface area contributed by atoms with Gasteiger partial charge in [0.2, 0.25) is 5.91 Å². The van der Waals surface area contributed by atoms with Crippen LogP contribution in [0.3, 0.4) is 0 Å². The molecule has 1 aliphatic carbocycles. The average molecular weight is 218 g/mol. The van der Waals surface area contributed by atoms with Crippen LogP contribution in [0.15, 0.2) is 24.3 Å². The fraction of sp³-hybridized carbons (Fsp3) is 0.462. The summed E-state index contributed by atoms with van der Waals surface area (Å²) < 4.78 is 0. The molecule has 1 amide bonds. The molecular formula is C13H18N2O. The van der Waals surface area contributed by atoms with Gasteiger partial charge >= 0.3 is 0 Å². The van der Waals surface area contributed by atoms with Crippen molar-refractivity contribution in [3.05, 3.63) is 24.3 Å². The van der Waals surface area contributed by atoms with Crippen LogP contribution in [0.2, 0.25) is 0 Å². The van der Waals surface area contributed by atoms with Crippen molar-refractivity contribution in [3.63, 3.8) is 0 Å². The van der Waals surface area contributed by atoms with Gasteiger partial charge < -0.3 is 10.6 Å². The molecule has 2 rings (SSSR count). The minimum atomic E-state index is 0.231. The SMILES string of the molecule is CCN(C(=O)CC1CC1)c1ccc(N)cc1. The number of hydrogen-bond donors (Lipinski definition) is 1. The number of nitrogen functional groups attached to an aromatic ring is 1. The van der Waals surface area contributed by atoms with Gasteiger partial charge in [-0.05, 0) is 49.9 Å². The van der Waals surface area contributed by atoms with Gasteiger partial charge in [0, 0.05) is 24.3 Å². The van der Waals surface area contributed by atoms with E-state index in [0.29, 0.717) is 12.3 Å². The van der Waals surface area contributed by atoms with Crippen LogP contribution in [-0.4, -0.2) is 12.5 Å². The second-order valence-corrected chi connectivity index (χ2v) is 4.38. The van der Waals surface area contributed by atoms with Gasteiger partial charge in [-0.1, -0.05) is 0 Å². The lowest BCUT2D eigenvalue weighted by molar-refractivity contribution is -0.118. The van der Waals surface area contributed by atoms with Crippen LogP contribution in [0.1, 0.15) is 26.2 Å². The lowest BCUT2D eigenvalue weighted by Gasteiger charge is -2.21. The molecule has 0 aliphatic heterocycles. The lowest BCUT2D eigenvalue weighted by atomic mass is 10.2. The molecule has 0 saturated heterocycles. The zero-order valence-electron chi connectivity index (χ0n) is 9.65. The Morgan fingerprint density at radius 3 is 2.50 bits per heavy atom. The van der Waals surface area contributed by atoms with E-state index in [0.717, 1.165) is 17.9 Å². The Bertz CT molecular complexity index is 368. The summed E-state index contributed by atoms with van der Waals surface area (Å²) in [6.45, 7) is 2.72. The molecule has 1 aromatic rings. The maximum atomic E-state index is 12.0. The molecule has 16 heavy (non-hydrogen) atoms. The normalized spacial score (nSPS) is 14.8. The topological polar surface area (TPSA) is 46.3 Å². The molecule has 0 atom stereocenters. The summed E-state index contributed by atoms with van der Waals surface area (Å²) in [5, 5.41) is 0. The Morgan fingerprint density at radius 2 is 2.00 bits per heavy atom. The molecule has 0 bridgehead atoms. The molecule has 0 aromatic heterocycles. The number of rotatable bonds is 4. The molecule has 0 radical (unpaired) electrons. The highest BCUT2D eigenvalue weighted by Gasteiger charge is 2.26. The van der Waals surface area contributed by atoms with Crippen LogP contribution in [0.5, 0.6) is 0 Å². The van der Waals surface area contributed by atoms with E-state index in [2.05, 4.69) is 0 Å². The highest BCUT2D eigenvalue weighted by atomic mass is 16.2. The fourth-order valence-electron chi connectivity index (χ4n) is 1.84. The standard InChI is InChI=1S/C13H18N2O/c1-2-15(13(16)9-10-3-4-10)12-7-5-11(14)6-8-12/h5-8,10H,2-4,9,14H2,1H3. The third-order valence-corrected chi connectivity index (χ3v) is 2.98. The zero-order valence-corrected chi connectivity index (χ0v) is 9.65. The van der Waals surface area contributed by atoms with Gasteiger partial charge in [-0.3, -0.25) is 4.79 Å². The molecule has 3 nitrogen and oxygen atoms in total. The van der Waals surface area contributed by atoms with Crippen molar-refractivity contribution in [1.29, 1.82) is 0 Å². The molecule has 1 fully saturated rings. The molecule has 0 heterocycles. The minimum absolute atomic E-state index is 0.231. The predicted octanol–water partition coefficient (Wildman–Crippen LogP) is 2.42. The van der Waals surface area contributed by atoms with E-state index in [1.807, 2.05) is 36.1 Å². The van der Waals surface area contributed by atoms with Crippen molar-refractivity contribution in [2.75, 3.05) is 17.2 Å². The Morgan fingerprint density at radius 1 is 1.38 bits per heavy atom. The second kappa shape index (κ2) is 4.56. The van der Waals surface area contributed by atoms with Crippen molar-refractivity contribution in [1.82, 2.24) is 0 Å². The summed E-state index contributed by atoms with van der Waals surface area (Å²) in [5.74, 6) is 0.866. The monoisotopic (exact) mass is 218 g/mol. The summed E-state index contributed by atoms with van der Waals surface area (Å²) in [6.07, 6.45) is 3.12. The van der Waals surface area contributed by atoms with Crippen LogP contribution >= 0.6 is 0 Å². The van der Waals surface area contributed by atoms with Gasteiger partial charge in [0.25, 0.3) is 0 Å². The molecule has 2 N–H and O–H groups in total. The molecule has 0 spiro atoms. The largest absolute Gasteiger partial charge is 0.399 e. The first kappa shape index (κ1) is 11.0. The molecule has 3 heteroatoms. The lowest BCUT2D eigenvalue weighted by Crippen LogP contribution is -2.30. The van der Waals surface area contributed by atoms with Crippen LogP contribution < -0.4 is 10.6 Å². The molecule has 0 unspecified atom stereocenters. The van der Waals surface area contributed by atoms with Gasteiger partial charge in [0.05, 0.1) is 0 Å². The van der Waals surface area contributed by atoms with E-state index >= 15 is 0 Å². The molecular weight excluding hydrogens is 200 g/mol. The van der Waals surface area contributed by atoms with Crippen molar-refractivity contribution >= 4 is 17.3 Å². The first-order valence-electron chi connectivity index (χ1n) is 5.86. The van der Waals surface area contributed by atoms with Crippen LogP contribution in [0.4, 0.5) is 11.4 Å². The number of carbonyl (C=O) groups excluding carboxylic acids is 1. The van der Waals surface area contributed by atoms with E-state index < -0.39 is 0 Å². The minimum Gasteiger partial charge on any atom is -0.399 e. The summed E-state index contributed by atoms with van der Waals surface area (Å²) in [7, 11) is 0. The smallest absolute Gasteiger partial charge is 0.227 e. The maximum absolute atomic E-state index is 12.0. The average Bonchev–Trinajstić information content (AvgIpc) is 3.06. The second-order valence-electron chi connectivity index (χ2n) is 4.38. The Labute approximate surface area is 96.2 Å². The summed E-state index contributed by atoms with van der Waals surface area (Å²) in [4.78, 5) is 13.8. The molecule has 1 aromatic carbocycles. The van der Waals surface area contributed by atoms with Crippen molar-refractivity contribution < 1.29 is 4.79 Å². The van der Waals surface area contributed by atoms with Gasteiger partial charge in [0.1, 0.15) is 0 Å². The highest BCUT2D eigenvalue weighted by molar-refractivity contribution is 5.93. The number of nitrogens with zero attached hydrogens (tertiary/aromatic N) is 1. The summed E-state index contributed by atoms with van der Waals surface area (Å²) >= 11 is 0. The van der Waals surface area contributed by atoms with Crippen LogP contribution in [0, 0.1) is 5.92 Å². The van der Waals surface area contributed by atoms with E-state index in [-0.39, 0.29) is 5.91 Å². The maximum Gasteiger partial charge on any atom is 0.227 e. The molecule has 1 saturated carbocycles. The third-order valence-electron chi connectivity index (χ3n) is 2.98. The van der Waals surface area contributed by atoms with E-state index in [9.17, 15) is 4.79 Å². The van der Waals surface area contributed by atoms with Crippen molar-refractivity contribution in [2.24, 2.45) is 5.92 Å². The van der Waals surface area contributed by atoms with Gasteiger partial charge in [-0.25, -0.2) is 0 Å². The van der Waals surface area contributed by atoms with Gasteiger partial charge in [0.15, 0.2) is 0 Å². The number of carbonyl (C=O) groups is 1. The van der Waals surface area contributed by atoms with E-state index in [1.54, 1.807) is 0 Å². The highest BCUT2D eigenvalue weighted by Crippen LogP contribution is 2.33. The van der Waals surface area contributed by atoms with E-state index in [4.69, 9.17) is 5.73 Å². The summed E-state index contributed by atoms with van der Waals surface area (Å²) in [6, 6.07) is 7.48. The Kier molecular flexibility index (Phi) is 3.13. The fourth-order valence-corrected chi connectivity index (χ4v) is 1.84. The van der Waals surface area contributed by atoms with Crippen LogP contribution in [0.25, 0.3) is 0 Å². The van der Waals surface area contributed by atoms with Gasteiger partial charge in [-0.2, -0.15) is 0 Å². The van der Waals surface area contributed by atoms with Crippen LogP contribution in [-0.2, 0) is 4.79 Å². The Hall–Kier alpha value is -1.51. The first-order valence-corrected chi connectivity index (χ1v) is 5.86. The van der Waals surface area contributed by atoms with E-state index in [1.165, 1.54) is 12.8 Å². The number of amides is 1. The number of anilines is 2. The quantitative estimate of drug-likeness (QED) is 0.789. The Balaban J connectivity index is 2.07. The number of nitrogens with two attached hydrogens (primary N) is 1. The molecule has 86 valence electrons. The molecule has 1 aliphatic rings. The first-order chi connectivity index (χ1) is 7.70.